The summed E-state index contributed by atoms with van der Waals surface area (Å²) in [5.41, 5.74) is 1.92. The largest absolute Gasteiger partial charge is 0.494 e. The molecule has 0 fully saturated rings. The summed E-state index contributed by atoms with van der Waals surface area (Å²) in [6.07, 6.45) is 1.92. The number of aromatic nitrogens is 2. The molecule has 4 nitrogen and oxygen atoms in total. The van der Waals surface area contributed by atoms with E-state index in [1.807, 2.05) is 37.4 Å². The summed E-state index contributed by atoms with van der Waals surface area (Å²) in [5, 5.41) is 5.59. The lowest BCUT2D eigenvalue weighted by molar-refractivity contribution is 0.418. The second-order valence-electron chi connectivity index (χ2n) is 4.78. The molecule has 108 valence electrons. The van der Waals surface area contributed by atoms with Crippen LogP contribution >= 0.6 is 11.3 Å². The van der Waals surface area contributed by atoms with Gasteiger partial charge in [0.2, 0.25) is 0 Å². The lowest BCUT2D eigenvalue weighted by Crippen LogP contribution is -2.12. The first kappa shape index (κ1) is 14.0. The Morgan fingerprint density at radius 1 is 1.19 bits per heavy atom. The van der Waals surface area contributed by atoms with Crippen LogP contribution in [0.2, 0.25) is 0 Å². The monoisotopic (exact) mass is 299 g/mol. The maximum Gasteiger partial charge on any atom is 0.145 e. The fourth-order valence-electron chi connectivity index (χ4n) is 2.22. The van der Waals surface area contributed by atoms with Gasteiger partial charge in [0.1, 0.15) is 11.3 Å². The van der Waals surface area contributed by atoms with E-state index in [4.69, 9.17) is 4.74 Å². The van der Waals surface area contributed by atoms with E-state index in [-0.39, 0.29) is 0 Å². The molecule has 0 bridgehead atoms. The first-order valence-corrected chi connectivity index (χ1v) is 7.62. The molecule has 0 aliphatic rings. The summed E-state index contributed by atoms with van der Waals surface area (Å²) in [6.45, 7) is 3.56. The van der Waals surface area contributed by atoms with Crippen molar-refractivity contribution >= 4 is 22.2 Å². The Balaban J connectivity index is 1.72. The predicted octanol–water partition coefficient (Wildman–Crippen LogP) is 3.30. The summed E-state index contributed by atoms with van der Waals surface area (Å²) in [7, 11) is 1.67. The quantitative estimate of drug-likeness (QED) is 0.785. The maximum atomic E-state index is 5.37. The third-order valence-corrected chi connectivity index (χ3v) is 4.15. The molecule has 5 heteroatoms. The minimum atomic E-state index is 0.727. The Labute approximate surface area is 127 Å². The van der Waals surface area contributed by atoms with Gasteiger partial charge >= 0.3 is 0 Å². The number of nitrogens with one attached hydrogen (secondary N) is 1. The molecule has 0 atom stereocenters. The van der Waals surface area contributed by atoms with Crippen LogP contribution in [0.3, 0.4) is 0 Å². The van der Waals surface area contributed by atoms with Gasteiger partial charge in [0.25, 0.3) is 0 Å². The third-order valence-electron chi connectivity index (χ3n) is 3.24. The number of aryl methyl sites for hydroxylation is 1. The summed E-state index contributed by atoms with van der Waals surface area (Å²) in [4.78, 5) is 10.2. The van der Waals surface area contributed by atoms with E-state index in [9.17, 15) is 0 Å². The number of hydrogen-bond donors (Lipinski definition) is 1. The number of hydrogen-bond acceptors (Lipinski definition) is 5. The average Bonchev–Trinajstić information content (AvgIpc) is 2.92. The van der Waals surface area contributed by atoms with Gasteiger partial charge < -0.3 is 10.1 Å². The number of benzene rings is 1. The van der Waals surface area contributed by atoms with Gasteiger partial charge in [-0.25, -0.2) is 9.97 Å². The van der Waals surface area contributed by atoms with Crippen LogP contribution in [0.5, 0.6) is 5.75 Å². The van der Waals surface area contributed by atoms with E-state index in [1.165, 1.54) is 4.88 Å². The highest BCUT2D eigenvalue weighted by Crippen LogP contribution is 2.23. The average molecular weight is 299 g/mol. The SMILES string of the molecule is COc1cccc2ccc(CNCc3cnc(C)s3)nc12. The van der Waals surface area contributed by atoms with Crippen LogP contribution in [0.15, 0.2) is 36.5 Å². The van der Waals surface area contributed by atoms with Gasteiger partial charge in [0, 0.05) is 29.5 Å². The van der Waals surface area contributed by atoms with Gasteiger partial charge in [-0.05, 0) is 19.1 Å². The van der Waals surface area contributed by atoms with Crippen LogP contribution in [-0.2, 0) is 13.1 Å². The Morgan fingerprint density at radius 2 is 2.10 bits per heavy atom. The van der Waals surface area contributed by atoms with Crippen molar-refractivity contribution in [2.24, 2.45) is 0 Å². The van der Waals surface area contributed by atoms with E-state index in [0.29, 0.717) is 0 Å². The molecule has 0 amide bonds. The fourth-order valence-corrected chi connectivity index (χ4v) is 2.99. The third kappa shape index (κ3) is 3.20. The van der Waals surface area contributed by atoms with E-state index in [1.54, 1.807) is 18.4 Å². The maximum absolute atomic E-state index is 5.37. The Kier molecular flexibility index (Phi) is 4.13. The highest BCUT2D eigenvalue weighted by Gasteiger charge is 2.04. The highest BCUT2D eigenvalue weighted by molar-refractivity contribution is 7.11. The van der Waals surface area contributed by atoms with Gasteiger partial charge in [-0.3, -0.25) is 0 Å². The summed E-state index contributed by atoms with van der Waals surface area (Å²) >= 11 is 1.72. The molecule has 1 aromatic carbocycles. The zero-order valence-corrected chi connectivity index (χ0v) is 12.9. The summed E-state index contributed by atoms with van der Waals surface area (Å²) in [6, 6.07) is 10.1. The molecule has 0 saturated carbocycles. The minimum absolute atomic E-state index is 0.727. The van der Waals surface area contributed by atoms with Gasteiger partial charge in [0.05, 0.1) is 17.8 Å². The molecule has 3 aromatic rings. The molecule has 21 heavy (non-hydrogen) atoms. The molecule has 0 aliphatic carbocycles. The molecule has 0 radical (unpaired) electrons. The van der Waals surface area contributed by atoms with Crippen LogP contribution in [0.1, 0.15) is 15.6 Å². The lowest BCUT2D eigenvalue weighted by Gasteiger charge is -2.07. The van der Waals surface area contributed by atoms with E-state index in [0.717, 1.165) is 40.4 Å². The van der Waals surface area contributed by atoms with E-state index >= 15 is 0 Å². The van der Waals surface area contributed by atoms with Gasteiger partial charge in [-0.1, -0.05) is 18.2 Å². The van der Waals surface area contributed by atoms with Crippen molar-refractivity contribution in [1.29, 1.82) is 0 Å². The number of rotatable bonds is 5. The van der Waals surface area contributed by atoms with Crippen molar-refractivity contribution in [3.63, 3.8) is 0 Å². The Hall–Kier alpha value is -1.98. The highest BCUT2D eigenvalue weighted by atomic mass is 32.1. The number of methoxy groups -OCH3 is 1. The Morgan fingerprint density at radius 3 is 2.86 bits per heavy atom. The molecular formula is C16H17N3OS. The van der Waals surface area contributed by atoms with Crippen molar-refractivity contribution in [2.45, 2.75) is 20.0 Å². The zero-order chi connectivity index (χ0) is 14.7. The topological polar surface area (TPSA) is 47.0 Å². The number of fused-ring (bicyclic) bond motifs is 1. The summed E-state index contributed by atoms with van der Waals surface area (Å²) in [5.74, 6) is 0.812. The standard InChI is InChI=1S/C16H17N3OS/c1-11-18-10-14(21-11)9-17-8-13-7-6-12-4-3-5-15(20-2)16(12)19-13/h3-7,10,17H,8-9H2,1-2H3. The molecule has 2 aromatic heterocycles. The molecule has 1 N–H and O–H groups in total. The number of thiazole rings is 1. The molecule has 0 spiro atoms. The molecule has 0 saturated heterocycles. The van der Waals surface area contributed by atoms with Gasteiger partial charge in [-0.2, -0.15) is 0 Å². The second kappa shape index (κ2) is 6.20. The molecular weight excluding hydrogens is 282 g/mol. The molecule has 0 aliphatic heterocycles. The van der Waals surface area contributed by atoms with Crippen LogP contribution in [0, 0.1) is 6.92 Å². The van der Waals surface area contributed by atoms with Gasteiger partial charge in [-0.15, -0.1) is 11.3 Å². The minimum Gasteiger partial charge on any atom is -0.494 e. The van der Waals surface area contributed by atoms with Crippen molar-refractivity contribution in [2.75, 3.05) is 7.11 Å². The normalized spacial score (nSPS) is 11.0. The number of ether oxygens (including phenoxy) is 1. The van der Waals surface area contributed by atoms with Crippen molar-refractivity contribution < 1.29 is 4.74 Å². The summed E-state index contributed by atoms with van der Waals surface area (Å²) < 4.78 is 5.37. The van der Waals surface area contributed by atoms with Crippen LogP contribution in [-0.4, -0.2) is 17.1 Å². The first-order chi connectivity index (χ1) is 10.3. The second-order valence-corrected chi connectivity index (χ2v) is 6.10. The Bertz CT molecular complexity index is 754. The van der Waals surface area contributed by atoms with Crippen LogP contribution < -0.4 is 10.1 Å². The lowest BCUT2D eigenvalue weighted by atomic mass is 10.2. The number of nitrogens with zero attached hydrogens (tertiary/aromatic N) is 2. The molecule has 3 rings (SSSR count). The molecule has 2 heterocycles. The van der Waals surface area contributed by atoms with E-state index < -0.39 is 0 Å². The van der Waals surface area contributed by atoms with Gasteiger partial charge in [0.15, 0.2) is 0 Å². The smallest absolute Gasteiger partial charge is 0.145 e. The molecule has 0 unspecified atom stereocenters. The van der Waals surface area contributed by atoms with Crippen LogP contribution in [0.4, 0.5) is 0 Å². The van der Waals surface area contributed by atoms with Crippen LogP contribution in [0.25, 0.3) is 10.9 Å². The van der Waals surface area contributed by atoms with Crippen molar-refractivity contribution in [1.82, 2.24) is 15.3 Å². The first-order valence-electron chi connectivity index (χ1n) is 6.81. The van der Waals surface area contributed by atoms with Crippen molar-refractivity contribution in [3.05, 3.63) is 52.1 Å². The zero-order valence-electron chi connectivity index (χ0n) is 12.1. The van der Waals surface area contributed by atoms with Crippen molar-refractivity contribution in [3.8, 4) is 5.75 Å². The number of para-hydroxylation sites is 1. The fraction of sp³-hybridized carbons (Fsp3) is 0.250. The number of pyridine rings is 1. The predicted molar refractivity (Wildman–Crippen MR) is 85.7 cm³/mol. The van der Waals surface area contributed by atoms with E-state index in [2.05, 4.69) is 21.4 Å².